The molecule has 1 fully saturated rings. The van der Waals surface area contributed by atoms with Gasteiger partial charge in [0.1, 0.15) is 22.9 Å². The maximum Gasteiger partial charge on any atom is 0.278 e. The first-order valence-corrected chi connectivity index (χ1v) is 14.5. The van der Waals surface area contributed by atoms with Crippen molar-refractivity contribution in [1.82, 2.24) is 24.8 Å². The van der Waals surface area contributed by atoms with Crippen LogP contribution in [0.4, 0.5) is 5.69 Å². The van der Waals surface area contributed by atoms with E-state index in [1.54, 1.807) is 67.3 Å². The monoisotopic (exact) mass is 592 g/mol. The highest BCUT2D eigenvalue weighted by Gasteiger charge is 2.26. The largest absolute Gasteiger partial charge is 0.497 e. The highest BCUT2D eigenvalue weighted by molar-refractivity contribution is 6.05. The lowest BCUT2D eigenvalue weighted by molar-refractivity contribution is -0.130. The molecule has 3 aromatic rings. The molecule has 3 amide bonds. The van der Waals surface area contributed by atoms with E-state index in [4.69, 9.17) is 14.2 Å². The molecule has 2 aromatic carbocycles. The van der Waals surface area contributed by atoms with Crippen LogP contribution in [0.2, 0.25) is 0 Å². The number of nitrogens with one attached hydrogen (secondary N) is 1. The van der Waals surface area contributed by atoms with E-state index >= 15 is 0 Å². The summed E-state index contributed by atoms with van der Waals surface area (Å²) in [5.74, 6) is 0.907. The number of hydrogen-bond donors (Lipinski definition) is 1. The number of ether oxygens (including phenoxy) is 3. The summed E-state index contributed by atoms with van der Waals surface area (Å²) in [5, 5.41) is 11.3. The molecule has 2 heterocycles. The Morgan fingerprint density at radius 1 is 0.953 bits per heavy atom. The molecular formula is C31H40N6O6. The predicted octanol–water partition coefficient (Wildman–Crippen LogP) is 4.11. The minimum Gasteiger partial charge on any atom is -0.497 e. The molecule has 0 aliphatic carbocycles. The molecule has 1 atom stereocenters. The zero-order chi connectivity index (χ0) is 31.1. The molecule has 0 spiro atoms. The molecular weight excluding hydrogens is 552 g/mol. The fourth-order valence-electron chi connectivity index (χ4n) is 5.03. The smallest absolute Gasteiger partial charge is 0.278 e. The van der Waals surface area contributed by atoms with E-state index in [0.29, 0.717) is 66.1 Å². The lowest BCUT2D eigenvalue weighted by Gasteiger charge is -2.34. The van der Waals surface area contributed by atoms with E-state index < -0.39 is 5.91 Å². The summed E-state index contributed by atoms with van der Waals surface area (Å²) < 4.78 is 18.7. The van der Waals surface area contributed by atoms with Crippen molar-refractivity contribution in [2.24, 2.45) is 0 Å². The number of aromatic nitrogens is 3. The normalized spacial score (nSPS) is 13.8. The Morgan fingerprint density at radius 2 is 1.65 bits per heavy atom. The quantitative estimate of drug-likeness (QED) is 0.352. The highest BCUT2D eigenvalue weighted by atomic mass is 16.5. The van der Waals surface area contributed by atoms with Gasteiger partial charge in [0, 0.05) is 44.7 Å². The number of anilines is 1. The maximum atomic E-state index is 13.6. The van der Waals surface area contributed by atoms with Crippen molar-refractivity contribution in [3.8, 4) is 22.9 Å². The topological polar surface area (TPSA) is 128 Å². The predicted molar refractivity (Wildman–Crippen MR) is 161 cm³/mol. The van der Waals surface area contributed by atoms with Crippen LogP contribution in [0.25, 0.3) is 5.69 Å². The van der Waals surface area contributed by atoms with Crippen LogP contribution in [0.3, 0.4) is 0 Å². The van der Waals surface area contributed by atoms with Crippen molar-refractivity contribution in [3.05, 3.63) is 53.3 Å². The maximum absolute atomic E-state index is 13.6. The van der Waals surface area contributed by atoms with Gasteiger partial charge in [0.15, 0.2) is 5.69 Å². The van der Waals surface area contributed by atoms with Crippen LogP contribution in [-0.2, 0) is 4.79 Å². The minimum absolute atomic E-state index is 0.00627. The second-order valence-corrected chi connectivity index (χ2v) is 10.4. The first-order valence-electron chi connectivity index (χ1n) is 14.5. The Bertz CT molecular complexity index is 1460. The summed E-state index contributed by atoms with van der Waals surface area (Å²) in [6.07, 6.45) is 2.53. The first kappa shape index (κ1) is 31.3. The molecule has 12 nitrogen and oxygen atoms in total. The average Bonchev–Trinajstić information content (AvgIpc) is 3.41. The highest BCUT2D eigenvalue weighted by Crippen LogP contribution is 2.31. The number of hydrogen-bond acceptors (Lipinski definition) is 8. The SMILES string of the molecule is CCCC(CC)Oc1ccc(C(=O)N2CCN(C(C)=O)CC2)cc1NC(=O)c1nnn(-c2cc(OC)ccc2OC)c1C. The molecule has 1 saturated heterocycles. The summed E-state index contributed by atoms with van der Waals surface area (Å²) in [6, 6.07) is 10.3. The fourth-order valence-corrected chi connectivity index (χ4v) is 5.03. The summed E-state index contributed by atoms with van der Waals surface area (Å²) in [4.78, 5) is 42.2. The number of benzene rings is 2. The van der Waals surface area contributed by atoms with E-state index in [1.165, 1.54) is 11.6 Å². The fraction of sp³-hybridized carbons (Fsp3) is 0.452. The van der Waals surface area contributed by atoms with Gasteiger partial charge in [-0.05, 0) is 50.1 Å². The summed E-state index contributed by atoms with van der Waals surface area (Å²) in [5.41, 5.74) is 1.93. The van der Waals surface area contributed by atoms with E-state index in [0.717, 1.165) is 19.3 Å². The third-order valence-corrected chi connectivity index (χ3v) is 7.57. The molecule has 0 bridgehead atoms. The number of carbonyl (C=O) groups excluding carboxylic acids is 3. The molecule has 43 heavy (non-hydrogen) atoms. The van der Waals surface area contributed by atoms with Gasteiger partial charge in [0.25, 0.3) is 11.8 Å². The van der Waals surface area contributed by atoms with Crippen LogP contribution in [0.5, 0.6) is 17.2 Å². The Hall–Kier alpha value is -4.61. The summed E-state index contributed by atoms with van der Waals surface area (Å²) >= 11 is 0. The number of amides is 3. The van der Waals surface area contributed by atoms with Gasteiger partial charge in [-0.25, -0.2) is 4.68 Å². The number of carbonyl (C=O) groups is 3. The van der Waals surface area contributed by atoms with Gasteiger partial charge in [-0.2, -0.15) is 0 Å². The molecule has 12 heteroatoms. The Morgan fingerprint density at radius 3 is 2.28 bits per heavy atom. The Labute approximate surface area is 251 Å². The van der Waals surface area contributed by atoms with Gasteiger partial charge in [-0.15, -0.1) is 5.10 Å². The molecule has 1 unspecified atom stereocenters. The standard InChI is InChI=1S/C31H40N6O6/c1-7-9-23(8-2)43-27-12-10-22(31(40)36-16-14-35(15-17-36)21(4)38)18-25(27)32-30(39)29-20(3)37(34-33-29)26-19-24(41-5)11-13-28(26)42-6/h10-13,18-19,23H,7-9,14-17H2,1-6H3,(H,32,39). The van der Waals surface area contributed by atoms with E-state index in [-0.39, 0.29) is 23.6 Å². The average molecular weight is 593 g/mol. The molecule has 4 rings (SSSR count). The van der Waals surface area contributed by atoms with Gasteiger partial charge < -0.3 is 29.3 Å². The van der Waals surface area contributed by atoms with Crippen molar-refractivity contribution < 1.29 is 28.6 Å². The van der Waals surface area contributed by atoms with Crippen molar-refractivity contribution in [1.29, 1.82) is 0 Å². The molecule has 1 aliphatic rings. The van der Waals surface area contributed by atoms with Gasteiger partial charge in [-0.1, -0.05) is 25.5 Å². The van der Waals surface area contributed by atoms with E-state index in [1.807, 2.05) is 6.92 Å². The molecule has 0 radical (unpaired) electrons. The van der Waals surface area contributed by atoms with Crippen LogP contribution in [0.15, 0.2) is 36.4 Å². The van der Waals surface area contributed by atoms with Crippen molar-refractivity contribution in [3.63, 3.8) is 0 Å². The zero-order valence-corrected chi connectivity index (χ0v) is 25.7. The van der Waals surface area contributed by atoms with Crippen LogP contribution in [0, 0.1) is 6.92 Å². The Kier molecular flexibility index (Phi) is 10.2. The van der Waals surface area contributed by atoms with Crippen LogP contribution in [-0.4, -0.2) is 89.0 Å². The summed E-state index contributed by atoms with van der Waals surface area (Å²) in [7, 11) is 3.11. The first-order chi connectivity index (χ1) is 20.7. The lowest BCUT2D eigenvalue weighted by atomic mass is 10.1. The second kappa shape index (κ2) is 14.0. The summed E-state index contributed by atoms with van der Waals surface area (Å²) in [6.45, 7) is 9.23. The van der Waals surface area contributed by atoms with E-state index in [9.17, 15) is 14.4 Å². The van der Waals surface area contributed by atoms with Crippen molar-refractivity contribution in [2.75, 3.05) is 45.7 Å². The third kappa shape index (κ3) is 7.07. The van der Waals surface area contributed by atoms with Crippen LogP contribution < -0.4 is 19.5 Å². The number of nitrogens with zero attached hydrogens (tertiary/aromatic N) is 5. The second-order valence-electron chi connectivity index (χ2n) is 10.4. The molecule has 1 aliphatic heterocycles. The number of methoxy groups -OCH3 is 2. The van der Waals surface area contributed by atoms with Gasteiger partial charge >= 0.3 is 0 Å². The zero-order valence-electron chi connectivity index (χ0n) is 25.7. The molecule has 1 aromatic heterocycles. The third-order valence-electron chi connectivity index (χ3n) is 7.57. The van der Waals surface area contributed by atoms with Crippen molar-refractivity contribution in [2.45, 2.75) is 53.1 Å². The van der Waals surface area contributed by atoms with Crippen LogP contribution >= 0.6 is 0 Å². The van der Waals surface area contributed by atoms with Gasteiger partial charge in [0.2, 0.25) is 5.91 Å². The van der Waals surface area contributed by atoms with E-state index in [2.05, 4.69) is 22.6 Å². The minimum atomic E-state index is -0.501. The number of piperazine rings is 1. The van der Waals surface area contributed by atoms with Crippen LogP contribution in [0.1, 0.15) is 66.6 Å². The number of rotatable bonds is 11. The molecule has 0 saturated carbocycles. The Balaban J connectivity index is 1.63. The van der Waals surface area contributed by atoms with Crippen molar-refractivity contribution >= 4 is 23.4 Å². The molecule has 1 N–H and O–H groups in total. The molecule has 230 valence electrons. The van der Waals surface area contributed by atoms with Gasteiger partial charge in [-0.3, -0.25) is 14.4 Å². The lowest BCUT2D eigenvalue weighted by Crippen LogP contribution is -2.50. The van der Waals surface area contributed by atoms with Gasteiger partial charge in [0.05, 0.1) is 31.7 Å².